The van der Waals surface area contributed by atoms with Crippen LogP contribution in [0.4, 0.5) is 4.79 Å². The van der Waals surface area contributed by atoms with Crippen LogP contribution in [0.15, 0.2) is 54.7 Å². The van der Waals surface area contributed by atoms with E-state index in [0.717, 1.165) is 11.1 Å². The minimum Gasteiger partial charge on any atom is -0.465 e. The number of carbonyl (C=O) groups excluding carboxylic acids is 2. The number of rotatable bonds is 4. The molecule has 0 spiro atoms. The quantitative estimate of drug-likeness (QED) is 0.497. The third kappa shape index (κ3) is 3.43. The second-order valence-electron chi connectivity index (χ2n) is 6.44. The van der Waals surface area contributed by atoms with Crippen molar-refractivity contribution in [2.45, 2.75) is 5.92 Å². The third-order valence-corrected chi connectivity index (χ3v) is 4.89. The Bertz CT molecular complexity index is 980. The number of esters is 1. The summed E-state index contributed by atoms with van der Waals surface area (Å²) in [5, 5.41) is 0.689. The van der Waals surface area contributed by atoms with Gasteiger partial charge in [0.25, 0.3) is 0 Å². The van der Waals surface area contributed by atoms with Gasteiger partial charge in [-0.15, -0.1) is 11.6 Å². The van der Waals surface area contributed by atoms with Gasteiger partial charge in [-0.2, -0.15) is 0 Å². The minimum atomic E-state index is -0.446. The van der Waals surface area contributed by atoms with Gasteiger partial charge in [-0.25, -0.2) is 9.59 Å². The fourth-order valence-electron chi connectivity index (χ4n) is 3.27. The molecule has 2 aromatic carbocycles. The summed E-state index contributed by atoms with van der Waals surface area (Å²) in [6, 6.07) is 14.9. The van der Waals surface area contributed by atoms with Crippen LogP contribution >= 0.6 is 11.6 Å². The molecule has 1 heterocycles. The standard InChI is InChI=1S/C21H21ClN2O3/c1-23(2)21(26)24-13-17(16(12-22)14-8-5-4-6-9-14)19-15(20(25)27-3)10-7-11-18(19)24/h4-11,13,16H,12H2,1-3H3. The number of alkyl halides is 1. The van der Waals surface area contributed by atoms with Gasteiger partial charge in [0.15, 0.2) is 0 Å². The summed E-state index contributed by atoms with van der Waals surface area (Å²) in [7, 11) is 4.72. The molecule has 1 amide bonds. The molecule has 0 fully saturated rings. The first-order valence-electron chi connectivity index (χ1n) is 8.54. The molecular weight excluding hydrogens is 364 g/mol. The summed E-state index contributed by atoms with van der Waals surface area (Å²) in [6.07, 6.45) is 1.78. The fourth-order valence-corrected chi connectivity index (χ4v) is 3.62. The molecule has 1 atom stereocenters. The topological polar surface area (TPSA) is 51.5 Å². The number of halogens is 1. The maximum Gasteiger partial charge on any atom is 0.338 e. The average Bonchev–Trinajstić information content (AvgIpc) is 3.07. The Morgan fingerprint density at radius 3 is 2.41 bits per heavy atom. The summed E-state index contributed by atoms with van der Waals surface area (Å²) >= 11 is 6.33. The number of hydrogen-bond acceptors (Lipinski definition) is 3. The van der Waals surface area contributed by atoms with E-state index in [4.69, 9.17) is 16.3 Å². The molecule has 5 nitrogen and oxygen atoms in total. The molecule has 1 aromatic heterocycles. The highest BCUT2D eigenvalue weighted by atomic mass is 35.5. The molecule has 0 aliphatic carbocycles. The lowest BCUT2D eigenvalue weighted by Gasteiger charge is -2.15. The summed E-state index contributed by atoms with van der Waals surface area (Å²) in [5.74, 6) is -0.301. The summed E-state index contributed by atoms with van der Waals surface area (Å²) < 4.78 is 6.51. The van der Waals surface area contributed by atoms with Crippen molar-refractivity contribution in [3.63, 3.8) is 0 Å². The number of methoxy groups -OCH3 is 1. The summed E-state index contributed by atoms with van der Waals surface area (Å²) in [6.45, 7) is 0. The van der Waals surface area contributed by atoms with Gasteiger partial charge in [0, 0.05) is 37.5 Å². The number of benzene rings is 2. The molecule has 3 rings (SSSR count). The second-order valence-corrected chi connectivity index (χ2v) is 6.75. The van der Waals surface area contributed by atoms with E-state index in [1.54, 1.807) is 37.0 Å². The van der Waals surface area contributed by atoms with Crippen LogP contribution < -0.4 is 0 Å². The predicted molar refractivity (Wildman–Crippen MR) is 107 cm³/mol. The van der Waals surface area contributed by atoms with Crippen LogP contribution in [-0.4, -0.2) is 48.6 Å². The molecule has 3 aromatic rings. The largest absolute Gasteiger partial charge is 0.465 e. The number of fused-ring (bicyclic) bond motifs is 1. The zero-order chi connectivity index (χ0) is 19.6. The molecule has 0 aliphatic heterocycles. The lowest BCUT2D eigenvalue weighted by molar-refractivity contribution is 0.0603. The molecule has 0 aliphatic rings. The Morgan fingerprint density at radius 1 is 1.11 bits per heavy atom. The summed E-state index contributed by atoms with van der Waals surface area (Å²) in [5.41, 5.74) is 2.91. The van der Waals surface area contributed by atoms with Crippen LogP contribution in [0, 0.1) is 0 Å². The van der Waals surface area contributed by atoms with Gasteiger partial charge in [0.2, 0.25) is 0 Å². The fraction of sp³-hybridized carbons (Fsp3) is 0.238. The predicted octanol–water partition coefficient (Wildman–Crippen LogP) is 4.33. The Labute approximate surface area is 163 Å². The van der Waals surface area contributed by atoms with E-state index in [1.807, 2.05) is 36.4 Å². The van der Waals surface area contributed by atoms with E-state index in [1.165, 1.54) is 12.0 Å². The van der Waals surface area contributed by atoms with Gasteiger partial charge in [0.1, 0.15) is 0 Å². The zero-order valence-corrected chi connectivity index (χ0v) is 16.2. The van der Waals surface area contributed by atoms with Crippen molar-refractivity contribution in [2.75, 3.05) is 27.1 Å². The number of amides is 1. The molecule has 27 heavy (non-hydrogen) atoms. The number of aromatic nitrogens is 1. The van der Waals surface area contributed by atoms with Gasteiger partial charge in [-0.05, 0) is 23.3 Å². The van der Waals surface area contributed by atoms with Crippen LogP contribution in [0.1, 0.15) is 27.4 Å². The maximum atomic E-state index is 12.7. The van der Waals surface area contributed by atoms with Crippen LogP contribution in [0.25, 0.3) is 10.9 Å². The van der Waals surface area contributed by atoms with E-state index >= 15 is 0 Å². The van der Waals surface area contributed by atoms with Crippen LogP contribution in [0.2, 0.25) is 0 Å². The molecule has 140 valence electrons. The normalized spacial score (nSPS) is 12.0. The molecule has 0 N–H and O–H groups in total. The van der Waals surface area contributed by atoms with Crippen LogP contribution in [0.3, 0.4) is 0 Å². The Hall–Kier alpha value is -2.79. The molecule has 6 heteroatoms. The Balaban J connectivity index is 2.33. The molecular formula is C21H21ClN2O3. The molecule has 1 unspecified atom stereocenters. The van der Waals surface area contributed by atoms with Crippen molar-refractivity contribution in [3.8, 4) is 0 Å². The van der Waals surface area contributed by atoms with Crippen molar-refractivity contribution in [3.05, 3.63) is 71.4 Å². The van der Waals surface area contributed by atoms with E-state index in [-0.39, 0.29) is 11.9 Å². The van der Waals surface area contributed by atoms with E-state index in [2.05, 4.69) is 0 Å². The second kappa shape index (κ2) is 7.84. The van der Waals surface area contributed by atoms with Gasteiger partial charge >= 0.3 is 12.0 Å². The van der Waals surface area contributed by atoms with Gasteiger partial charge < -0.3 is 9.64 Å². The number of ether oxygens (including phenoxy) is 1. The number of hydrogen-bond donors (Lipinski definition) is 0. The minimum absolute atomic E-state index is 0.169. The average molecular weight is 385 g/mol. The molecule has 0 bridgehead atoms. The Kier molecular flexibility index (Phi) is 5.51. The van der Waals surface area contributed by atoms with Crippen LogP contribution in [-0.2, 0) is 4.74 Å². The Morgan fingerprint density at radius 2 is 1.81 bits per heavy atom. The first-order chi connectivity index (χ1) is 13.0. The smallest absolute Gasteiger partial charge is 0.338 e. The maximum absolute atomic E-state index is 12.7. The lowest BCUT2D eigenvalue weighted by Crippen LogP contribution is -2.26. The lowest BCUT2D eigenvalue weighted by atomic mass is 9.91. The van der Waals surface area contributed by atoms with Gasteiger partial charge in [-0.3, -0.25) is 4.57 Å². The van der Waals surface area contributed by atoms with E-state index < -0.39 is 5.97 Å². The SMILES string of the molecule is COC(=O)c1cccc2c1c(C(CCl)c1ccccc1)cn2C(=O)N(C)C. The van der Waals surface area contributed by atoms with E-state index in [9.17, 15) is 9.59 Å². The molecule has 0 radical (unpaired) electrons. The zero-order valence-electron chi connectivity index (χ0n) is 15.5. The highest BCUT2D eigenvalue weighted by Crippen LogP contribution is 2.35. The monoisotopic (exact) mass is 384 g/mol. The first-order valence-corrected chi connectivity index (χ1v) is 9.07. The summed E-state index contributed by atoms with van der Waals surface area (Å²) in [4.78, 5) is 26.6. The first kappa shape index (κ1) is 19.0. The molecule has 0 saturated carbocycles. The van der Waals surface area contributed by atoms with E-state index in [0.29, 0.717) is 22.3 Å². The van der Waals surface area contributed by atoms with Crippen molar-refractivity contribution < 1.29 is 14.3 Å². The highest BCUT2D eigenvalue weighted by molar-refractivity contribution is 6.19. The van der Waals surface area contributed by atoms with Crippen molar-refractivity contribution in [2.24, 2.45) is 0 Å². The van der Waals surface area contributed by atoms with Crippen molar-refractivity contribution in [1.82, 2.24) is 9.47 Å². The third-order valence-electron chi connectivity index (χ3n) is 4.58. The van der Waals surface area contributed by atoms with Crippen molar-refractivity contribution >= 4 is 34.5 Å². The highest BCUT2D eigenvalue weighted by Gasteiger charge is 2.25. The van der Waals surface area contributed by atoms with Gasteiger partial charge in [0.05, 0.1) is 18.2 Å². The van der Waals surface area contributed by atoms with Crippen LogP contribution in [0.5, 0.6) is 0 Å². The number of carbonyl (C=O) groups is 2. The van der Waals surface area contributed by atoms with Crippen molar-refractivity contribution in [1.29, 1.82) is 0 Å². The van der Waals surface area contributed by atoms with Gasteiger partial charge in [-0.1, -0.05) is 36.4 Å². The number of nitrogens with zero attached hydrogens (tertiary/aromatic N) is 2. The molecule has 0 saturated heterocycles.